The van der Waals surface area contributed by atoms with Crippen LogP contribution >= 0.6 is 0 Å². The second kappa shape index (κ2) is 6.83. The minimum atomic E-state index is -0.143. The summed E-state index contributed by atoms with van der Waals surface area (Å²) in [4.78, 5) is 20.1. The second-order valence-corrected chi connectivity index (χ2v) is 4.99. The van der Waals surface area contributed by atoms with Crippen molar-refractivity contribution in [3.8, 4) is 0 Å². The maximum absolute atomic E-state index is 11.8. The highest BCUT2D eigenvalue weighted by Gasteiger charge is 2.07. The largest absolute Gasteiger partial charge is 0.352 e. The summed E-state index contributed by atoms with van der Waals surface area (Å²) in [6.45, 7) is 6.72. The fourth-order valence-corrected chi connectivity index (χ4v) is 1.84. The molecule has 2 rings (SSSR count). The summed E-state index contributed by atoms with van der Waals surface area (Å²) < 4.78 is 0. The first-order valence-electron chi connectivity index (χ1n) is 7.04. The molecule has 1 heterocycles. The van der Waals surface area contributed by atoms with Gasteiger partial charge in [-0.15, -0.1) is 0 Å². The Bertz CT molecular complexity index is 623. The zero-order valence-corrected chi connectivity index (χ0v) is 12.6. The van der Waals surface area contributed by atoms with E-state index in [-0.39, 0.29) is 5.91 Å². The van der Waals surface area contributed by atoms with Crippen LogP contribution in [0.25, 0.3) is 0 Å². The van der Waals surface area contributed by atoms with Crippen LogP contribution in [0.3, 0.4) is 0 Å². The van der Waals surface area contributed by atoms with Crippen LogP contribution in [-0.2, 0) is 0 Å². The summed E-state index contributed by atoms with van der Waals surface area (Å²) in [6.07, 6.45) is 3.97. The molecule has 0 aliphatic carbocycles. The number of anilines is 2. The van der Waals surface area contributed by atoms with Crippen molar-refractivity contribution >= 4 is 17.5 Å². The lowest BCUT2D eigenvalue weighted by atomic mass is 10.1. The molecule has 0 atom stereocenters. The first kappa shape index (κ1) is 15.0. The quantitative estimate of drug-likeness (QED) is 0.885. The highest BCUT2D eigenvalue weighted by molar-refractivity contribution is 5.93. The average molecular weight is 284 g/mol. The van der Waals surface area contributed by atoms with Gasteiger partial charge in [-0.2, -0.15) is 0 Å². The second-order valence-electron chi connectivity index (χ2n) is 4.99. The molecule has 0 radical (unpaired) electrons. The smallest absolute Gasteiger partial charge is 0.254 e. The van der Waals surface area contributed by atoms with Crippen LogP contribution in [0.2, 0.25) is 0 Å². The summed E-state index contributed by atoms with van der Waals surface area (Å²) in [5.41, 5.74) is 3.72. The van der Waals surface area contributed by atoms with Crippen LogP contribution in [0.4, 0.5) is 11.6 Å². The molecular formula is C16H20N4O. The number of carbonyl (C=O) groups is 1. The van der Waals surface area contributed by atoms with E-state index in [0.717, 1.165) is 17.7 Å². The van der Waals surface area contributed by atoms with Crippen LogP contribution in [0.5, 0.6) is 0 Å². The van der Waals surface area contributed by atoms with Gasteiger partial charge in [-0.25, -0.2) is 9.97 Å². The van der Waals surface area contributed by atoms with E-state index in [1.807, 2.05) is 32.9 Å². The Kier molecular flexibility index (Phi) is 4.87. The zero-order valence-electron chi connectivity index (χ0n) is 12.6. The summed E-state index contributed by atoms with van der Waals surface area (Å²) in [5, 5.41) is 5.96. The van der Waals surface area contributed by atoms with Gasteiger partial charge in [0.2, 0.25) is 5.95 Å². The van der Waals surface area contributed by atoms with Crippen LogP contribution in [0.15, 0.2) is 30.6 Å². The number of amides is 1. The first-order valence-corrected chi connectivity index (χ1v) is 7.04. The van der Waals surface area contributed by atoms with Gasteiger partial charge in [-0.1, -0.05) is 19.1 Å². The van der Waals surface area contributed by atoms with E-state index in [1.165, 1.54) is 18.0 Å². The molecule has 0 aliphatic rings. The third-order valence-electron chi connectivity index (χ3n) is 3.09. The Morgan fingerprint density at radius 2 is 1.90 bits per heavy atom. The van der Waals surface area contributed by atoms with E-state index in [1.54, 1.807) is 0 Å². The van der Waals surface area contributed by atoms with Gasteiger partial charge >= 0.3 is 0 Å². The average Bonchev–Trinajstić information content (AvgIpc) is 2.49. The van der Waals surface area contributed by atoms with E-state index >= 15 is 0 Å². The maximum Gasteiger partial charge on any atom is 0.254 e. The van der Waals surface area contributed by atoms with Crippen molar-refractivity contribution in [3.63, 3.8) is 0 Å². The van der Waals surface area contributed by atoms with E-state index in [4.69, 9.17) is 0 Å². The molecular weight excluding hydrogens is 264 g/mol. The molecule has 0 aliphatic heterocycles. The Labute approximate surface area is 124 Å². The Morgan fingerprint density at radius 3 is 2.57 bits per heavy atom. The molecule has 0 unspecified atom stereocenters. The van der Waals surface area contributed by atoms with Crippen molar-refractivity contribution < 1.29 is 4.79 Å². The van der Waals surface area contributed by atoms with Crippen molar-refractivity contribution in [2.24, 2.45) is 0 Å². The van der Waals surface area contributed by atoms with Gasteiger partial charge in [0.1, 0.15) is 0 Å². The van der Waals surface area contributed by atoms with Gasteiger partial charge in [0, 0.05) is 24.6 Å². The van der Waals surface area contributed by atoms with E-state index in [2.05, 4.69) is 26.7 Å². The summed E-state index contributed by atoms with van der Waals surface area (Å²) in [5.74, 6) is 0.339. The number of rotatable bonds is 5. The zero-order chi connectivity index (χ0) is 15.2. The van der Waals surface area contributed by atoms with Crippen molar-refractivity contribution in [2.75, 3.05) is 11.9 Å². The van der Waals surface area contributed by atoms with Gasteiger partial charge in [-0.3, -0.25) is 4.79 Å². The lowest BCUT2D eigenvalue weighted by Gasteiger charge is -2.09. The molecule has 2 N–H and O–H groups in total. The fraction of sp³-hybridized carbons (Fsp3) is 0.312. The molecule has 21 heavy (non-hydrogen) atoms. The number of nitrogens with zero attached hydrogens (tertiary/aromatic N) is 2. The van der Waals surface area contributed by atoms with Crippen LogP contribution in [0.1, 0.15) is 34.8 Å². The number of benzene rings is 1. The SMILES string of the molecule is CCCNC(=O)c1cnc(Nc2cc(C)ccc2C)nc1. The van der Waals surface area contributed by atoms with E-state index in [9.17, 15) is 4.79 Å². The number of aryl methyl sites for hydroxylation is 2. The molecule has 1 aromatic carbocycles. The molecule has 5 nitrogen and oxygen atoms in total. The highest BCUT2D eigenvalue weighted by atomic mass is 16.1. The van der Waals surface area contributed by atoms with Crippen LogP contribution in [-0.4, -0.2) is 22.4 Å². The van der Waals surface area contributed by atoms with Crippen molar-refractivity contribution in [2.45, 2.75) is 27.2 Å². The first-order chi connectivity index (χ1) is 10.1. The minimum absolute atomic E-state index is 0.143. The highest BCUT2D eigenvalue weighted by Crippen LogP contribution is 2.19. The van der Waals surface area contributed by atoms with Crippen molar-refractivity contribution in [1.29, 1.82) is 0 Å². The third-order valence-corrected chi connectivity index (χ3v) is 3.09. The molecule has 0 bridgehead atoms. The summed E-state index contributed by atoms with van der Waals surface area (Å²) in [6, 6.07) is 6.15. The molecule has 0 spiro atoms. The molecule has 1 aromatic heterocycles. The summed E-state index contributed by atoms with van der Waals surface area (Å²) >= 11 is 0. The maximum atomic E-state index is 11.8. The molecule has 1 amide bonds. The molecule has 0 fully saturated rings. The van der Waals surface area contributed by atoms with Crippen molar-refractivity contribution in [1.82, 2.24) is 15.3 Å². The van der Waals surface area contributed by atoms with Gasteiger partial charge in [0.15, 0.2) is 0 Å². The fourth-order valence-electron chi connectivity index (χ4n) is 1.84. The molecule has 5 heteroatoms. The van der Waals surface area contributed by atoms with Gasteiger partial charge in [0.05, 0.1) is 5.56 Å². The minimum Gasteiger partial charge on any atom is -0.352 e. The van der Waals surface area contributed by atoms with Crippen molar-refractivity contribution in [3.05, 3.63) is 47.3 Å². The summed E-state index contributed by atoms with van der Waals surface area (Å²) in [7, 11) is 0. The Hall–Kier alpha value is -2.43. The Morgan fingerprint density at radius 1 is 1.19 bits per heavy atom. The third kappa shape index (κ3) is 4.02. The monoisotopic (exact) mass is 284 g/mol. The molecule has 110 valence electrons. The number of hydrogen-bond acceptors (Lipinski definition) is 4. The number of hydrogen-bond donors (Lipinski definition) is 2. The number of aromatic nitrogens is 2. The van der Waals surface area contributed by atoms with Gasteiger partial charge in [-0.05, 0) is 37.5 Å². The predicted octanol–water partition coefficient (Wildman–Crippen LogP) is 2.98. The standard InChI is InChI=1S/C16H20N4O/c1-4-7-17-15(21)13-9-18-16(19-10-13)20-14-8-11(2)5-6-12(14)3/h5-6,8-10H,4,7H2,1-3H3,(H,17,21)(H,18,19,20). The molecule has 2 aromatic rings. The predicted molar refractivity (Wildman–Crippen MR) is 83.9 cm³/mol. The van der Waals surface area contributed by atoms with Crippen LogP contribution < -0.4 is 10.6 Å². The van der Waals surface area contributed by atoms with E-state index in [0.29, 0.717) is 18.1 Å². The van der Waals surface area contributed by atoms with Gasteiger partial charge in [0.25, 0.3) is 5.91 Å². The molecule has 0 saturated heterocycles. The number of nitrogens with one attached hydrogen (secondary N) is 2. The lowest BCUT2D eigenvalue weighted by Crippen LogP contribution is -2.24. The topological polar surface area (TPSA) is 66.9 Å². The Balaban J connectivity index is 2.09. The van der Waals surface area contributed by atoms with Gasteiger partial charge < -0.3 is 10.6 Å². The lowest BCUT2D eigenvalue weighted by molar-refractivity contribution is 0.0953. The van der Waals surface area contributed by atoms with E-state index < -0.39 is 0 Å². The van der Waals surface area contributed by atoms with Crippen LogP contribution in [0, 0.1) is 13.8 Å². The number of carbonyl (C=O) groups excluding carboxylic acids is 1. The normalized spacial score (nSPS) is 10.2. The molecule has 0 saturated carbocycles.